The first kappa shape index (κ1) is 18.6. The molecule has 2 heteroatoms. The zero-order valence-electron chi connectivity index (χ0n) is 16.4. The normalized spacial score (nSPS) is 11.1. The number of hydrogen-bond donors (Lipinski definition) is 0. The molecule has 0 saturated heterocycles. The smallest absolute Gasteiger partial charge is 0.127 e. The minimum atomic E-state index is 0.819. The standard InChI is InChI=1S/C27H23NO/c1-22(21-23-11-5-2-6-12-23)29-27-19-17-26(18-20-27)28(24-13-7-3-8-14-24)25-15-9-4-10-16-25/h2-21H,1H3. The summed E-state index contributed by atoms with van der Waals surface area (Å²) in [7, 11) is 0. The lowest BCUT2D eigenvalue weighted by molar-refractivity contribution is 0.433. The maximum Gasteiger partial charge on any atom is 0.127 e. The highest BCUT2D eigenvalue weighted by Gasteiger charge is 2.11. The topological polar surface area (TPSA) is 12.5 Å². The van der Waals surface area contributed by atoms with E-state index in [1.807, 2.05) is 55.5 Å². The zero-order valence-corrected chi connectivity index (χ0v) is 16.4. The van der Waals surface area contributed by atoms with Crippen molar-refractivity contribution < 1.29 is 4.74 Å². The Morgan fingerprint density at radius 1 is 0.586 bits per heavy atom. The van der Waals surface area contributed by atoms with Gasteiger partial charge in [-0.3, -0.25) is 0 Å². The second-order valence-electron chi connectivity index (χ2n) is 6.77. The van der Waals surface area contributed by atoms with Crippen molar-refractivity contribution >= 4 is 23.1 Å². The zero-order chi connectivity index (χ0) is 19.9. The predicted molar refractivity (Wildman–Crippen MR) is 122 cm³/mol. The Balaban J connectivity index is 1.59. The van der Waals surface area contributed by atoms with E-state index in [0.717, 1.165) is 34.1 Å². The van der Waals surface area contributed by atoms with Gasteiger partial charge in [0.25, 0.3) is 0 Å². The van der Waals surface area contributed by atoms with Crippen LogP contribution in [0.1, 0.15) is 12.5 Å². The van der Waals surface area contributed by atoms with Crippen molar-refractivity contribution in [3.8, 4) is 5.75 Å². The average molecular weight is 377 g/mol. The number of rotatable bonds is 6. The molecule has 0 atom stereocenters. The van der Waals surface area contributed by atoms with Crippen molar-refractivity contribution in [2.75, 3.05) is 4.90 Å². The first-order valence-corrected chi connectivity index (χ1v) is 9.71. The average Bonchev–Trinajstić information content (AvgIpc) is 2.77. The van der Waals surface area contributed by atoms with Crippen molar-refractivity contribution in [2.45, 2.75) is 6.92 Å². The molecule has 0 bridgehead atoms. The molecule has 0 heterocycles. The van der Waals surface area contributed by atoms with E-state index in [4.69, 9.17) is 4.74 Å². The fourth-order valence-electron chi connectivity index (χ4n) is 3.26. The third kappa shape index (κ3) is 4.74. The number of anilines is 3. The van der Waals surface area contributed by atoms with Crippen LogP contribution < -0.4 is 9.64 Å². The third-order valence-corrected chi connectivity index (χ3v) is 4.57. The molecule has 0 aliphatic rings. The monoisotopic (exact) mass is 377 g/mol. The van der Waals surface area contributed by atoms with E-state index < -0.39 is 0 Å². The van der Waals surface area contributed by atoms with Crippen LogP contribution in [0.4, 0.5) is 17.1 Å². The molecule has 4 aromatic rings. The lowest BCUT2D eigenvalue weighted by Gasteiger charge is -2.25. The molecule has 0 radical (unpaired) electrons. The van der Waals surface area contributed by atoms with Crippen molar-refractivity contribution in [1.82, 2.24) is 0 Å². The highest BCUT2D eigenvalue weighted by Crippen LogP contribution is 2.35. The number of benzene rings is 4. The van der Waals surface area contributed by atoms with Gasteiger partial charge in [-0.25, -0.2) is 0 Å². The van der Waals surface area contributed by atoms with Crippen LogP contribution in [0.2, 0.25) is 0 Å². The maximum absolute atomic E-state index is 6.01. The lowest BCUT2D eigenvalue weighted by atomic mass is 10.2. The van der Waals surface area contributed by atoms with Crippen LogP contribution in [0, 0.1) is 0 Å². The van der Waals surface area contributed by atoms with Crippen molar-refractivity contribution in [1.29, 1.82) is 0 Å². The predicted octanol–water partition coefficient (Wildman–Crippen LogP) is 7.60. The summed E-state index contributed by atoms with van der Waals surface area (Å²) in [6.07, 6.45) is 2.04. The number of ether oxygens (including phenoxy) is 1. The summed E-state index contributed by atoms with van der Waals surface area (Å²) in [5.74, 6) is 1.67. The Hall–Kier alpha value is -3.78. The van der Waals surface area contributed by atoms with E-state index >= 15 is 0 Å². The number of hydrogen-bond acceptors (Lipinski definition) is 2. The molecule has 4 aromatic carbocycles. The molecule has 4 rings (SSSR count). The summed E-state index contributed by atoms with van der Waals surface area (Å²) in [6.45, 7) is 1.97. The number of nitrogens with zero attached hydrogens (tertiary/aromatic N) is 1. The maximum atomic E-state index is 6.01. The van der Waals surface area contributed by atoms with Crippen LogP contribution in [-0.2, 0) is 0 Å². The molecule has 29 heavy (non-hydrogen) atoms. The molecular formula is C27H23NO. The van der Waals surface area contributed by atoms with Crippen LogP contribution >= 0.6 is 0 Å². The van der Waals surface area contributed by atoms with Crippen LogP contribution in [0.15, 0.2) is 121 Å². The van der Waals surface area contributed by atoms with E-state index in [9.17, 15) is 0 Å². The minimum absolute atomic E-state index is 0.819. The van der Waals surface area contributed by atoms with Gasteiger partial charge in [-0.2, -0.15) is 0 Å². The van der Waals surface area contributed by atoms with Gasteiger partial charge < -0.3 is 9.64 Å². The largest absolute Gasteiger partial charge is 0.462 e. The molecule has 142 valence electrons. The van der Waals surface area contributed by atoms with Gasteiger partial charge in [0.2, 0.25) is 0 Å². The van der Waals surface area contributed by atoms with Gasteiger partial charge in [0.05, 0.1) is 0 Å². The quantitative estimate of drug-likeness (QED) is 0.321. The summed E-state index contributed by atoms with van der Waals surface area (Å²) < 4.78 is 6.01. The second kappa shape index (κ2) is 8.94. The van der Waals surface area contributed by atoms with Gasteiger partial charge in [0, 0.05) is 17.1 Å². The summed E-state index contributed by atoms with van der Waals surface area (Å²) in [5.41, 5.74) is 4.44. The van der Waals surface area contributed by atoms with Crippen molar-refractivity contribution in [2.24, 2.45) is 0 Å². The summed E-state index contributed by atoms with van der Waals surface area (Å²) in [5, 5.41) is 0. The summed E-state index contributed by atoms with van der Waals surface area (Å²) in [4.78, 5) is 2.23. The molecular weight excluding hydrogens is 354 g/mol. The third-order valence-electron chi connectivity index (χ3n) is 4.57. The summed E-state index contributed by atoms with van der Waals surface area (Å²) in [6, 6.07) is 39.1. The number of allylic oxidation sites excluding steroid dienone is 1. The van der Waals surface area contributed by atoms with E-state index in [2.05, 4.69) is 77.7 Å². The second-order valence-corrected chi connectivity index (χ2v) is 6.77. The van der Waals surface area contributed by atoms with Crippen LogP contribution in [0.3, 0.4) is 0 Å². The molecule has 0 aliphatic heterocycles. The molecule has 0 aliphatic carbocycles. The fraction of sp³-hybridized carbons (Fsp3) is 0.0370. The SMILES string of the molecule is CC(=Cc1ccccc1)Oc1ccc(N(c2ccccc2)c2ccccc2)cc1. The molecule has 0 amide bonds. The van der Waals surface area contributed by atoms with E-state index in [1.165, 1.54) is 0 Å². The highest BCUT2D eigenvalue weighted by molar-refractivity contribution is 5.76. The van der Waals surface area contributed by atoms with Crippen LogP contribution in [0.25, 0.3) is 6.08 Å². The Bertz CT molecular complexity index is 1020. The van der Waals surface area contributed by atoms with Crippen LogP contribution in [0.5, 0.6) is 5.75 Å². The van der Waals surface area contributed by atoms with E-state index in [-0.39, 0.29) is 0 Å². The molecule has 0 unspecified atom stereocenters. The molecule has 0 saturated carbocycles. The first-order chi connectivity index (χ1) is 14.3. The fourth-order valence-corrected chi connectivity index (χ4v) is 3.26. The van der Waals surface area contributed by atoms with Crippen LogP contribution in [-0.4, -0.2) is 0 Å². The highest BCUT2D eigenvalue weighted by atomic mass is 16.5. The summed E-state index contributed by atoms with van der Waals surface area (Å²) >= 11 is 0. The van der Waals surface area contributed by atoms with Crippen molar-refractivity contribution in [3.05, 3.63) is 127 Å². The van der Waals surface area contributed by atoms with Gasteiger partial charge in [-0.1, -0.05) is 66.7 Å². The van der Waals surface area contributed by atoms with E-state index in [1.54, 1.807) is 0 Å². The Morgan fingerprint density at radius 2 is 1.03 bits per heavy atom. The Morgan fingerprint density at radius 3 is 1.55 bits per heavy atom. The Kier molecular flexibility index (Phi) is 5.73. The first-order valence-electron chi connectivity index (χ1n) is 9.71. The lowest BCUT2D eigenvalue weighted by Crippen LogP contribution is -2.09. The van der Waals surface area contributed by atoms with Gasteiger partial charge in [-0.05, 0) is 67.1 Å². The van der Waals surface area contributed by atoms with Gasteiger partial charge in [0.1, 0.15) is 11.5 Å². The van der Waals surface area contributed by atoms with Crippen molar-refractivity contribution in [3.63, 3.8) is 0 Å². The molecule has 0 aromatic heterocycles. The van der Waals surface area contributed by atoms with Gasteiger partial charge in [-0.15, -0.1) is 0 Å². The minimum Gasteiger partial charge on any atom is -0.462 e. The molecule has 0 N–H and O–H groups in total. The molecule has 0 spiro atoms. The molecule has 0 fully saturated rings. The van der Waals surface area contributed by atoms with Gasteiger partial charge in [0.15, 0.2) is 0 Å². The Labute approximate surface area is 172 Å². The molecule has 2 nitrogen and oxygen atoms in total. The van der Waals surface area contributed by atoms with E-state index in [0.29, 0.717) is 0 Å². The van der Waals surface area contributed by atoms with Gasteiger partial charge >= 0.3 is 0 Å². The number of para-hydroxylation sites is 2.